The molecule has 162 valence electrons. The van der Waals surface area contributed by atoms with Gasteiger partial charge >= 0.3 is 0 Å². The predicted molar refractivity (Wildman–Crippen MR) is 119 cm³/mol. The molecule has 29 heavy (non-hydrogen) atoms. The number of ether oxygens (including phenoxy) is 1. The number of aryl methyl sites for hydroxylation is 1. The minimum atomic E-state index is 0.318. The van der Waals surface area contributed by atoms with Crippen LogP contribution in [0.5, 0.6) is 0 Å². The molecule has 1 aliphatic heterocycles. The molecule has 2 aliphatic rings. The fourth-order valence-corrected chi connectivity index (χ4v) is 4.46. The molecule has 1 aromatic rings. The van der Waals surface area contributed by atoms with Gasteiger partial charge in [-0.05, 0) is 44.7 Å². The van der Waals surface area contributed by atoms with Crippen LogP contribution in [0.2, 0.25) is 0 Å². The number of guanidine groups is 1. The first-order valence-corrected chi connectivity index (χ1v) is 11.4. The SMILES string of the molecule is CCNC(=NCC1(CN2CCOCC2)CCCCC1)NCCc1ccc(C)nc1. The average molecular weight is 402 g/mol. The van der Waals surface area contributed by atoms with Gasteiger partial charge in [-0.3, -0.25) is 14.9 Å². The Hall–Kier alpha value is -1.66. The van der Waals surface area contributed by atoms with Gasteiger partial charge in [0.15, 0.2) is 5.96 Å². The van der Waals surface area contributed by atoms with Crippen molar-refractivity contribution in [3.05, 3.63) is 29.6 Å². The summed E-state index contributed by atoms with van der Waals surface area (Å²) in [5, 5.41) is 6.95. The van der Waals surface area contributed by atoms with E-state index in [0.717, 1.165) is 70.6 Å². The molecule has 1 aromatic heterocycles. The molecule has 0 spiro atoms. The molecule has 6 heteroatoms. The standard InChI is InChI=1S/C23H39N5O/c1-3-24-22(25-12-9-21-8-7-20(2)26-17-21)27-18-23(10-5-4-6-11-23)19-28-13-15-29-16-14-28/h7-8,17H,3-6,9-16,18-19H2,1-2H3,(H2,24,25,27). The minimum absolute atomic E-state index is 0.318. The maximum absolute atomic E-state index is 5.55. The lowest BCUT2D eigenvalue weighted by atomic mass is 9.73. The molecular weight excluding hydrogens is 362 g/mol. The third-order valence-electron chi connectivity index (χ3n) is 6.17. The van der Waals surface area contributed by atoms with Gasteiger partial charge in [-0.15, -0.1) is 0 Å². The molecule has 1 saturated carbocycles. The fourth-order valence-electron chi connectivity index (χ4n) is 4.46. The zero-order valence-electron chi connectivity index (χ0n) is 18.4. The van der Waals surface area contributed by atoms with Crippen molar-refractivity contribution in [2.45, 2.75) is 52.4 Å². The second kappa shape index (κ2) is 11.5. The molecule has 1 saturated heterocycles. The first-order valence-electron chi connectivity index (χ1n) is 11.4. The van der Waals surface area contributed by atoms with E-state index < -0.39 is 0 Å². The van der Waals surface area contributed by atoms with Gasteiger partial charge in [0.25, 0.3) is 0 Å². The van der Waals surface area contributed by atoms with Crippen molar-refractivity contribution in [1.29, 1.82) is 0 Å². The second-order valence-corrected chi connectivity index (χ2v) is 8.63. The van der Waals surface area contributed by atoms with Gasteiger partial charge in [0.1, 0.15) is 0 Å². The Balaban J connectivity index is 1.56. The second-order valence-electron chi connectivity index (χ2n) is 8.63. The lowest BCUT2D eigenvalue weighted by Gasteiger charge is -2.41. The molecular formula is C23H39N5O. The zero-order valence-corrected chi connectivity index (χ0v) is 18.4. The zero-order chi connectivity index (χ0) is 20.4. The lowest BCUT2D eigenvalue weighted by Crippen LogP contribution is -2.46. The number of rotatable bonds is 8. The van der Waals surface area contributed by atoms with Crippen LogP contribution in [0.4, 0.5) is 0 Å². The van der Waals surface area contributed by atoms with Crippen LogP contribution < -0.4 is 10.6 Å². The molecule has 1 aliphatic carbocycles. The topological polar surface area (TPSA) is 61.8 Å². The minimum Gasteiger partial charge on any atom is -0.379 e. The highest BCUT2D eigenvalue weighted by atomic mass is 16.5. The highest BCUT2D eigenvalue weighted by molar-refractivity contribution is 5.79. The Morgan fingerprint density at radius 2 is 1.97 bits per heavy atom. The van der Waals surface area contributed by atoms with E-state index in [-0.39, 0.29) is 0 Å². The highest BCUT2D eigenvalue weighted by Crippen LogP contribution is 2.37. The van der Waals surface area contributed by atoms with Crippen LogP contribution in [0.3, 0.4) is 0 Å². The fraction of sp³-hybridized carbons (Fsp3) is 0.739. The molecule has 2 N–H and O–H groups in total. The highest BCUT2D eigenvalue weighted by Gasteiger charge is 2.34. The number of aliphatic imine (C=N–C) groups is 1. The Kier molecular flexibility index (Phi) is 8.74. The summed E-state index contributed by atoms with van der Waals surface area (Å²) in [6.07, 6.45) is 9.56. The van der Waals surface area contributed by atoms with Crippen LogP contribution in [0.15, 0.2) is 23.3 Å². The summed E-state index contributed by atoms with van der Waals surface area (Å²) in [5.74, 6) is 0.944. The molecule has 0 amide bonds. The monoisotopic (exact) mass is 401 g/mol. The smallest absolute Gasteiger partial charge is 0.191 e. The molecule has 0 unspecified atom stereocenters. The summed E-state index contributed by atoms with van der Waals surface area (Å²) in [7, 11) is 0. The van der Waals surface area contributed by atoms with Crippen molar-refractivity contribution in [2.75, 3.05) is 52.5 Å². The van der Waals surface area contributed by atoms with Crippen LogP contribution in [0.1, 0.15) is 50.3 Å². The van der Waals surface area contributed by atoms with E-state index in [2.05, 4.69) is 39.6 Å². The third kappa shape index (κ3) is 7.27. The quantitative estimate of drug-likeness (QED) is 0.518. The largest absolute Gasteiger partial charge is 0.379 e. The van der Waals surface area contributed by atoms with Gasteiger partial charge in [0.05, 0.1) is 13.2 Å². The van der Waals surface area contributed by atoms with Crippen LogP contribution in [0.25, 0.3) is 0 Å². The Morgan fingerprint density at radius 1 is 1.17 bits per heavy atom. The van der Waals surface area contributed by atoms with E-state index in [1.165, 1.54) is 37.7 Å². The summed E-state index contributed by atoms with van der Waals surface area (Å²) in [5.41, 5.74) is 2.64. The number of hydrogen-bond donors (Lipinski definition) is 2. The van der Waals surface area contributed by atoms with Crippen LogP contribution >= 0.6 is 0 Å². The maximum atomic E-state index is 5.55. The number of pyridine rings is 1. The number of hydrogen-bond acceptors (Lipinski definition) is 4. The van der Waals surface area contributed by atoms with Crippen molar-refractivity contribution >= 4 is 5.96 Å². The van der Waals surface area contributed by atoms with Crippen LogP contribution in [-0.2, 0) is 11.2 Å². The number of nitrogens with one attached hydrogen (secondary N) is 2. The van der Waals surface area contributed by atoms with E-state index in [1.807, 2.05) is 13.1 Å². The predicted octanol–water partition coefficient (Wildman–Crippen LogP) is 2.77. The summed E-state index contributed by atoms with van der Waals surface area (Å²) in [4.78, 5) is 12.0. The summed E-state index contributed by atoms with van der Waals surface area (Å²) >= 11 is 0. The average Bonchev–Trinajstić information content (AvgIpc) is 2.75. The molecule has 2 fully saturated rings. The van der Waals surface area contributed by atoms with E-state index in [4.69, 9.17) is 9.73 Å². The van der Waals surface area contributed by atoms with Crippen molar-refractivity contribution in [2.24, 2.45) is 10.4 Å². The van der Waals surface area contributed by atoms with Gasteiger partial charge in [-0.25, -0.2) is 0 Å². The lowest BCUT2D eigenvalue weighted by molar-refractivity contribution is 0.00937. The normalized spacial score (nSPS) is 20.4. The van der Waals surface area contributed by atoms with E-state index in [1.54, 1.807) is 0 Å². The number of aromatic nitrogens is 1. The number of nitrogens with zero attached hydrogens (tertiary/aromatic N) is 3. The van der Waals surface area contributed by atoms with Crippen molar-refractivity contribution in [1.82, 2.24) is 20.5 Å². The molecule has 6 nitrogen and oxygen atoms in total. The first kappa shape index (κ1) is 22.0. The molecule has 0 aromatic carbocycles. The summed E-state index contributed by atoms with van der Waals surface area (Å²) in [6.45, 7) is 11.8. The van der Waals surface area contributed by atoms with Gasteiger partial charge in [-0.2, -0.15) is 0 Å². The Bertz CT molecular complexity index is 619. The van der Waals surface area contributed by atoms with E-state index in [9.17, 15) is 0 Å². The van der Waals surface area contributed by atoms with Gasteiger partial charge in [0, 0.05) is 56.6 Å². The third-order valence-corrected chi connectivity index (χ3v) is 6.17. The van der Waals surface area contributed by atoms with Crippen molar-refractivity contribution in [3.8, 4) is 0 Å². The molecule has 2 heterocycles. The van der Waals surface area contributed by atoms with Gasteiger partial charge in [-0.1, -0.05) is 25.3 Å². The molecule has 0 atom stereocenters. The van der Waals surface area contributed by atoms with Gasteiger partial charge < -0.3 is 15.4 Å². The maximum Gasteiger partial charge on any atom is 0.191 e. The first-order chi connectivity index (χ1) is 14.2. The van der Waals surface area contributed by atoms with Crippen LogP contribution in [-0.4, -0.2) is 68.3 Å². The Labute approximate surface area is 176 Å². The number of morpholine rings is 1. The van der Waals surface area contributed by atoms with Crippen molar-refractivity contribution in [3.63, 3.8) is 0 Å². The van der Waals surface area contributed by atoms with Crippen molar-refractivity contribution < 1.29 is 4.74 Å². The Morgan fingerprint density at radius 3 is 2.66 bits per heavy atom. The molecule has 0 bridgehead atoms. The van der Waals surface area contributed by atoms with Gasteiger partial charge in [0.2, 0.25) is 0 Å². The summed E-state index contributed by atoms with van der Waals surface area (Å²) in [6, 6.07) is 4.24. The van der Waals surface area contributed by atoms with E-state index >= 15 is 0 Å². The van der Waals surface area contributed by atoms with Crippen LogP contribution in [0, 0.1) is 12.3 Å². The molecule has 3 rings (SSSR count). The van der Waals surface area contributed by atoms with E-state index in [0.29, 0.717) is 5.41 Å². The molecule has 0 radical (unpaired) electrons. The summed E-state index contributed by atoms with van der Waals surface area (Å²) < 4.78 is 5.55.